The van der Waals surface area contributed by atoms with Crippen molar-refractivity contribution in [2.75, 3.05) is 31.1 Å². The van der Waals surface area contributed by atoms with Crippen LogP contribution in [0.5, 0.6) is 0 Å². The molecule has 0 N–H and O–H groups in total. The number of hydrogen-bond donors (Lipinski definition) is 0. The first-order chi connectivity index (χ1) is 9.17. The van der Waals surface area contributed by atoms with E-state index in [1.807, 2.05) is 18.7 Å². The molecule has 1 aliphatic rings. The van der Waals surface area contributed by atoms with Crippen molar-refractivity contribution in [3.05, 3.63) is 22.7 Å². The standard InChI is InChI=1S/C13H19N5O/c1-3-16-5-4-15-12(13(16)19)18-8-6-17(7-9-18)11(2)10-14/h4-5,11H,3,6-9H2,1-2H3. The fourth-order valence-electron chi connectivity index (χ4n) is 2.30. The first kappa shape index (κ1) is 13.6. The van der Waals surface area contributed by atoms with E-state index in [0.29, 0.717) is 12.4 Å². The molecule has 6 heteroatoms. The molecule has 102 valence electrons. The van der Waals surface area contributed by atoms with Crippen molar-refractivity contribution in [3.63, 3.8) is 0 Å². The van der Waals surface area contributed by atoms with Crippen LogP contribution < -0.4 is 10.5 Å². The molecule has 1 atom stereocenters. The molecule has 0 saturated carbocycles. The Morgan fingerprint density at radius 3 is 2.68 bits per heavy atom. The second-order valence-electron chi connectivity index (χ2n) is 4.67. The van der Waals surface area contributed by atoms with Gasteiger partial charge in [0, 0.05) is 45.1 Å². The van der Waals surface area contributed by atoms with Crippen LogP contribution in [-0.2, 0) is 6.54 Å². The van der Waals surface area contributed by atoms with Crippen molar-refractivity contribution in [2.24, 2.45) is 0 Å². The van der Waals surface area contributed by atoms with Gasteiger partial charge in [-0.3, -0.25) is 9.69 Å². The summed E-state index contributed by atoms with van der Waals surface area (Å²) in [5.74, 6) is 0.522. The van der Waals surface area contributed by atoms with Crippen molar-refractivity contribution in [1.29, 1.82) is 5.26 Å². The first-order valence-corrected chi connectivity index (χ1v) is 6.61. The van der Waals surface area contributed by atoms with Crippen LogP contribution in [0.4, 0.5) is 5.82 Å². The summed E-state index contributed by atoms with van der Waals surface area (Å²) in [5, 5.41) is 8.91. The maximum Gasteiger partial charge on any atom is 0.293 e. The Hall–Kier alpha value is -1.87. The van der Waals surface area contributed by atoms with Crippen LogP contribution in [0.25, 0.3) is 0 Å². The van der Waals surface area contributed by atoms with Gasteiger partial charge in [-0.05, 0) is 13.8 Å². The van der Waals surface area contributed by atoms with E-state index in [9.17, 15) is 4.79 Å². The lowest BCUT2D eigenvalue weighted by Crippen LogP contribution is -2.51. The lowest BCUT2D eigenvalue weighted by Gasteiger charge is -2.36. The van der Waals surface area contributed by atoms with E-state index >= 15 is 0 Å². The van der Waals surface area contributed by atoms with Gasteiger partial charge >= 0.3 is 0 Å². The molecule has 6 nitrogen and oxygen atoms in total. The molecule has 0 radical (unpaired) electrons. The first-order valence-electron chi connectivity index (χ1n) is 6.61. The zero-order chi connectivity index (χ0) is 13.8. The van der Waals surface area contributed by atoms with Crippen molar-refractivity contribution in [1.82, 2.24) is 14.5 Å². The summed E-state index contributed by atoms with van der Waals surface area (Å²) in [6, 6.07) is 2.17. The summed E-state index contributed by atoms with van der Waals surface area (Å²) >= 11 is 0. The minimum absolute atomic E-state index is 0.0354. The predicted octanol–water partition coefficient (Wildman–Crippen LogP) is 0.297. The number of rotatable bonds is 3. The summed E-state index contributed by atoms with van der Waals surface area (Å²) in [5.41, 5.74) is -0.0354. The predicted molar refractivity (Wildman–Crippen MR) is 73.0 cm³/mol. The lowest BCUT2D eigenvalue weighted by molar-refractivity contribution is 0.231. The number of nitrogens with zero attached hydrogens (tertiary/aromatic N) is 5. The van der Waals surface area contributed by atoms with Gasteiger partial charge in [0.25, 0.3) is 5.56 Å². The minimum Gasteiger partial charge on any atom is -0.349 e. The van der Waals surface area contributed by atoms with Crippen LogP contribution in [0.1, 0.15) is 13.8 Å². The average molecular weight is 261 g/mol. The highest BCUT2D eigenvalue weighted by Gasteiger charge is 2.23. The molecular formula is C13H19N5O. The van der Waals surface area contributed by atoms with Crippen molar-refractivity contribution >= 4 is 5.82 Å². The largest absolute Gasteiger partial charge is 0.349 e. The molecule has 0 spiro atoms. The van der Waals surface area contributed by atoms with Gasteiger partial charge in [0.15, 0.2) is 5.82 Å². The Balaban J connectivity index is 2.10. The zero-order valence-corrected chi connectivity index (χ0v) is 11.4. The van der Waals surface area contributed by atoms with Crippen LogP contribution in [0.2, 0.25) is 0 Å². The monoisotopic (exact) mass is 261 g/mol. The van der Waals surface area contributed by atoms with Crippen molar-refractivity contribution in [2.45, 2.75) is 26.4 Å². The van der Waals surface area contributed by atoms with Gasteiger partial charge in [-0.2, -0.15) is 5.26 Å². The van der Waals surface area contributed by atoms with Crippen LogP contribution >= 0.6 is 0 Å². The summed E-state index contributed by atoms with van der Waals surface area (Å²) in [6.45, 7) is 7.55. The molecule has 0 aromatic carbocycles. The number of nitriles is 1. The SMILES string of the molecule is CCn1ccnc(N2CCN(C(C)C#N)CC2)c1=O. The minimum atomic E-state index is -0.0711. The summed E-state index contributed by atoms with van der Waals surface area (Å²) < 4.78 is 1.66. The second kappa shape index (κ2) is 5.85. The zero-order valence-electron chi connectivity index (χ0n) is 11.4. The number of piperazine rings is 1. The fraction of sp³-hybridized carbons (Fsp3) is 0.615. The molecule has 0 amide bonds. The highest BCUT2D eigenvalue weighted by Crippen LogP contribution is 2.10. The summed E-state index contributed by atoms with van der Waals surface area (Å²) in [6.07, 6.45) is 3.38. The molecule has 0 bridgehead atoms. The Morgan fingerprint density at radius 2 is 2.11 bits per heavy atom. The molecule has 0 aliphatic carbocycles. The summed E-state index contributed by atoms with van der Waals surface area (Å²) in [7, 11) is 0. The molecule has 1 fully saturated rings. The number of hydrogen-bond acceptors (Lipinski definition) is 5. The molecule has 1 saturated heterocycles. The molecular weight excluding hydrogens is 242 g/mol. The molecule has 19 heavy (non-hydrogen) atoms. The van der Waals surface area contributed by atoms with E-state index in [1.165, 1.54) is 0 Å². The summed E-state index contributed by atoms with van der Waals surface area (Å²) in [4.78, 5) is 20.5. The lowest BCUT2D eigenvalue weighted by atomic mass is 10.2. The Kier molecular flexibility index (Phi) is 4.17. The maximum atomic E-state index is 12.2. The Bertz CT molecular complexity index is 525. The van der Waals surface area contributed by atoms with E-state index < -0.39 is 0 Å². The normalized spacial score (nSPS) is 18.1. The van der Waals surface area contributed by atoms with Gasteiger partial charge in [-0.1, -0.05) is 0 Å². The van der Waals surface area contributed by atoms with Crippen molar-refractivity contribution in [3.8, 4) is 6.07 Å². The van der Waals surface area contributed by atoms with E-state index in [0.717, 1.165) is 26.2 Å². The molecule has 2 rings (SSSR count). The Labute approximate surface area is 112 Å². The number of aromatic nitrogens is 2. The number of aryl methyl sites for hydroxylation is 1. The topological polar surface area (TPSA) is 65.2 Å². The molecule has 1 aromatic rings. The van der Waals surface area contributed by atoms with Crippen LogP contribution in [0, 0.1) is 11.3 Å². The Morgan fingerprint density at radius 1 is 1.42 bits per heavy atom. The number of anilines is 1. The fourth-order valence-corrected chi connectivity index (χ4v) is 2.30. The van der Waals surface area contributed by atoms with E-state index in [4.69, 9.17) is 5.26 Å². The molecule has 1 aliphatic heterocycles. The quantitative estimate of drug-likeness (QED) is 0.783. The van der Waals surface area contributed by atoms with Crippen LogP contribution in [-0.4, -0.2) is 46.7 Å². The third-order valence-corrected chi connectivity index (χ3v) is 3.58. The molecule has 2 heterocycles. The highest BCUT2D eigenvalue weighted by atomic mass is 16.1. The van der Waals surface area contributed by atoms with Gasteiger partial charge in [0.1, 0.15) is 0 Å². The third kappa shape index (κ3) is 2.76. The molecule has 1 aromatic heterocycles. The molecule has 1 unspecified atom stereocenters. The van der Waals surface area contributed by atoms with Gasteiger partial charge in [-0.25, -0.2) is 4.98 Å². The highest BCUT2D eigenvalue weighted by molar-refractivity contribution is 5.36. The van der Waals surface area contributed by atoms with Gasteiger partial charge in [-0.15, -0.1) is 0 Å². The second-order valence-corrected chi connectivity index (χ2v) is 4.67. The van der Waals surface area contributed by atoms with Crippen LogP contribution in [0.15, 0.2) is 17.2 Å². The van der Waals surface area contributed by atoms with Gasteiger partial charge in [0.05, 0.1) is 12.1 Å². The maximum absolute atomic E-state index is 12.2. The van der Waals surface area contributed by atoms with Gasteiger partial charge < -0.3 is 9.47 Å². The average Bonchev–Trinajstić information content (AvgIpc) is 2.47. The van der Waals surface area contributed by atoms with Crippen LogP contribution in [0.3, 0.4) is 0 Å². The third-order valence-electron chi connectivity index (χ3n) is 3.58. The smallest absolute Gasteiger partial charge is 0.293 e. The van der Waals surface area contributed by atoms with Gasteiger partial charge in [0.2, 0.25) is 0 Å². The van der Waals surface area contributed by atoms with E-state index in [-0.39, 0.29) is 11.6 Å². The van der Waals surface area contributed by atoms with Crippen molar-refractivity contribution < 1.29 is 0 Å². The van der Waals surface area contributed by atoms with E-state index in [1.54, 1.807) is 17.0 Å². The van der Waals surface area contributed by atoms with E-state index in [2.05, 4.69) is 16.0 Å².